The zero-order valence-electron chi connectivity index (χ0n) is 5.55. The Morgan fingerprint density at radius 1 is 1.62 bits per heavy atom. The number of hydrogen-bond donors (Lipinski definition) is 0. The van der Waals surface area contributed by atoms with Gasteiger partial charge in [0.15, 0.2) is 0 Å². The molecule has 0 fully saturated rings. The summed E-state index contributed by atoms with van der Waals surface area (Å²) in [6.07, 6.45) is -1.000. The van der Waals surface area contributed by atoms with Crippen LogP contribution in [0.3, 0.4) is 0 Å². The van der Waals surface area contributed by atoms with Crippen LogP contribution in [0.15, 0.2) is 0 Å². The fraction of sp³-hybridized carbons (Fsp3) is 1.00. The first kappa shape index (κ1) is 7.88. The van der Waals surface area contributed by atoms with Gasteiger partial charge in [-0.3, -0.25) is 4.90 Å². The molecule has 1 radical (unpaired) electrons. The Labute approximate surface area is 49.9 Å². The molecule has 0 aromatic carbocycles. The molecule has 0 aromatic heterocycles. The van der Waals surface area contributed by atoms with E-state index in [1.807, 2.05) is 0 Å². The van der Waals surface area contributed by atoms with E-state index in [2.05, 4.69) is 4.74 Å². The standard InChI is InChI=1S/C5H12NO2/c1-4-8-5(7)6(2)3/h5H,4H2,1-3H3. The molecule has 49 valence electrons. The maximum absolute atomic E-state index is 10.5. The van der Waals surface area contributed by atoms with E-state index in [-0.39, 0.29) is 0 Å². The van der Waals surface area contributed by atoms with Crippen LogP contribution in [-0.4, -0.2) is 32.0 Å². The van der Waals surface area contributed by atoms with E-state index in [0.717, 1.165) is 0 Å². The predicted octanol–water partition coefficient (Wildman–Crippen LogP) is 0.299. The van der Waals surface area contributed by atoms with Crippen LogP contribution in [0.4, 0.5) is 0 Å². The van der Waals surface area contributed by atoms with Gasteiger partial charge in [-0.1, -0.05) is 0 Å². The van der Waals surface area contributed by atoms with Gasteiger partial charge in [-0.25, -0.2) is 0 Å². The Balaban J connectivity index is 3.17. The highest BCUT2D eigenvalue weighted by Crippen LogP contribution is 1.88. The lowest BCUT2D eigenvalue weighted by atomic mass is 10.8. The Morgan fingerprint density at radius 2 is 2.12 bits per heavy atom. The lowest BCUT2D eigenvalue weighted by Gasteiger charge is -2.14. The Kier molecular flexibility index (Phi) is 3.77. The van der Waals surface area contributed by atoms with Crippen molar-refractivity contribution in [2.24, 2.45) is 0 Å². The van der Waals surface area contributed by atoms with Crippen LogP contribution in [0.1, 0.15) is 6.92 Å². The smallest absolute Gasteiger partial charge is 0.249 e. The van der Waals surface area contributed by atoms with Gasteiger partial charge in [-0.2, -0.15) is 5.11 Å². The molecule has 0 aliphatic carbocycles. The van der Waals surface area contributed by atoms with Crippen molar-refractivity contribution < 1.29 is 9.84 Å². The zero-order valence-corrected chi connectivity index (χ0v) is 5.55. The summed E-state index contributed by atoms with van der Waals surface area (Å²) in [6.45, 7) is 2.28. The second-order valence-electron chi connectivity index (χ2n) is 1.73. The molecular formula is C5H12NO2. The molecule has 0 rings (SSSR count). The quantitative estimate of drug-likeness (QED) is 0.499. The number of rotatable bonds is 3. The molecule has 3 nitrogen and oxygen atoms in total. The molecule has 0 aliphatic heterocycles. The molecule has 0 N–H and O–H groups in total. The van der Waals surface area contributed by atoms with Crippen LogP contribution >= 0.6 is 0 Å². The van der Waals surface area contributed by atoms with E-state index in [1.165, 1.54) is 4.90 Å². The van der Waals surface area contributed by atoms with Crippen molar-refractivity contribution >= 4 is 0 Å². The lowest BCUT2D eigenvalue weighted by molar-refractivity contribution is -0.209. The molecule has 8 heavy (non-hydrogen) atoms. The Bertz CT molecular complexity index is 56.4. The minimum atomic E-state index is -1.000. The van der Waals surface area contributed by atoms with Crippen molar-refractivity contribution in [3.63, 3.8) is 0 Å². The first-order chi connectivity index (χ1) is 3.68. The van der Waals surface area contributed by atoms with Gasteiger partial charge in [0.25, 0.3) is 0 Å². The molecule has 0 aliphatic rings. The molecule has 1 atom stereocenters. The number of nitrogens with zero attached hydrogens (tertiary/aromatic N) is 1. The second kappa shape index (κ2) is 3.83. The maximum Gasteiger partial charge on any atom is 0.249 e. The van der Waals surface area contributed by atoms with Crippen molar-refractivity contribution in [3.05, 3.63) is 0 Å². The van der Waals surface area contributed by atoms with E-state index in [0.29, 0.717) is 6.61 Å². The molecule has 0 bridgehead atoms. The van der Waals surface area contributed by atoms with E-state index in [1.54, 1.807) is 21.0 Å². The van der Waals surface area contributed by atoms with Gasteiger partial charge in [0, 0.05) is 6.61 Å². The first-order valence-corrected chi connectivity index (χ1v) is 2.62. The van der Waals surface area contributed by atoms with Gasteiger partial charge < -0.3 is 4.74 Å². The highest BCUT2D eigenvalue weighted by molar-refractivity contribution is 4.31. The van der Waals surface area contributed by atoms with Crippen molar-refractivity contribution in [1.82, 2.24) is 4.90 Å². The average molecular weight is 118 g/mol. The molecule has 0 heterocycles. The van der Waals surface area contributed by atoms with Gasteiger partial charge in [-0.15, -0.1) is 0 Å². The third-order valence-electron chi connectivity index (χ3n) is 0.731. The van der Waals surface area contributed by atoms with Crippen LogP contribution in [0.2, 0.25) is 0 Å². The largest absolute Gasteiger partial charge is 0.338 e. The first-order valence-electron chi connectivity index (χ1n) is 2.62. The Morgan fingerprint density at radius 3 is 2.25 bits per heavy atom. The molecular weight excluding hydrogens is 106 g/mol. The summed E-state index contributed by atoms with van der Waals surface area (Å²) in [5, 5.41) is 10.5. The summed E-state index contributed by atoms with van der Waals surface area (Å²) in [7, 11) is 3.38. The van der Waals surface area contributed by atoms with Crippen LogP contribution in [0.25, 0.3) is 0 Å². The SMILES string of the molecule is CCOC([O])N(C)C. The fourth-order valence-electron chi connectivity index (χ4n) is 0.292. The highest BCUT2D eigenvalue weighted by atomic mass is 16.6. The van der Waals surface area contributed by atoms with Crippen molar-refractivity contribution in [1.29, 1.82) is 0 Å². The predicted molar refractivity (Wildman–Crippen MR) is 29.8 cm³/mol. The van der Waals surface area contributed by atoms with Gasteiger partial charge >= 0.3 is 0 Å². The van der Waals surface area contributed by atoms with E-state index >= 15 is 0 Å². The third kappa shape index (κ3) is 2.96. The average Bonchev–Trinajstić information content (AvgIpc) is 1.67. The van der Waals surface area contributed by atoms with Crippen molar-refractivity contribution in [2.75, 3.05) is 20.7 Å². The van der Waals surface area contributed by atoms with E-state index < -0.39 is 6.41 Å². The zero-order chi connectivity index (χ0) is 6.57. The number of ether oxygens (including phenoxy) is 1. The molecule has 0 saturated carbocycles. The summed E-state index contributed by atoms with van der Waals surface area (Å²) in [6, 6.07) is 0. The summed E-state index contributed by atoms with van der Waals surface area (Å²) < 4.78 is 4.67. The second-order valence-corrected chi connectivity index (χ2v) is 1.73. The third-order valence-corrected chi connectivity index (χ3v) is 0.731. The van der Waals surface area contributed by atoms with Gasteiger partial charge in [0.2, 0.25) is 6.41 Å². The summed E-state index contributed by atoms with van der Waals surface area (Å²) in [5.41, 5.74) is 0. The van der Waals surface area contributed by atoms with E-state index in [4.69, 9.17) is 0 Å². The lowest BCUT2D eigenvalue weighted by Crippen LogP contribution is -2.28. The minimum Gasteiger partial charge on any atom is -0.338 e. The summed E-state index contributed by atoms with van der Waals surface area (Å²) in [5.74, 6) is 0. The minimum absolute atomic E-state index is 0.479. The van der Waals surface area contributed by atoms with Crippen molar-refractivity contribution in [2.45, 2.75) is 13.3 Å². The van der Waals surface area contributed by atoms with Crippen LogP contribution in [-0.2, 0) is 9.84 Å². The van der Waals surface area contributed by atoms with Gasteiger partial charge in [-0.05, 0) is 21.0 Å². The molecule has 1 unspecified atom stereocenters. The molecule has 0 amide bonds. The molecule has 0 spiro atoms. The molecule has 3 heteroatoms. The topological polar surface area (TPSA) is 32.4 Å². The van der Waals surface area contributed by atoms with Crippen LogP contribution in [0.5, 0.6) is 0 Å². The summed E-state index contributed by atoms with van der Waals surface area (Å²) >= 11 is 0. The van der Waals surface area contributed by atoms with Crippen LogP contribution in [0, 0.1) is 0 Å². The highest BCUT2D eigenvalue weighted by Gasteiger charge is 2.04. The normalized spacial score (nSPS) is 14.6. The fourth-order valence-corrected chi connectivity index (χ4v) is 0.292. The summed E-state index contributed by atoms with van der Waals surface area (Å²) in [4.78, 5) is 1.48. The molecule has 0 aromatic rings. The monoisotopic (exact) mass is 118 g/mol. The van der Waals surface area contributed by atoms with Gasteiger partial charge in [0.05, 0.1) is 0 Å². The number of hydrogen-bond acceptors (Lipinski definition) is 2. The molecule has 0 saturated heterocycles. The van der Waals surface area contributed by atoms with E-state index in [9.17, 15) is 5.11 Å². The van der Waals surface area contributed by atoms with Crippen molar-refractivity contribution in [3.8, 4) is 0 Å². The Hall–Kier alpha value is -0.120. The van der Waals surface area contributed by atoms with Crippen LogP contribution < -0.4 is 0 Å². The van der Waals surface area contributed by atoms with Gasteiger partial charge in [0.1, 0.15) is 0 Å². The maximum atomic E-state index is 10.5.